The summed E-state index contributed by atoms with van der Waals surface area (Å²) >= 11 is 5.91. The maximum absolute atomic E-state index is 12.7. The SMILES string of the molecule is CN(CC1CCC1)S(=O)(=O)c1cc(Cl)ccc1CS(C)(=O)=O. The smallest absolute Gasteiger partial charge is 0.229 e. The summed E-state index contributed by atoms with van der Waals surface area (Å²) in [4.78, 5) is -0.0211. The van der Waals surface area contributed by atoms with E-state index in [9.17, 15) is 16.8 Å². The Morgan fingerprint density at radius 3 is 2.36 bits per heavy atom. The van der Waals surface area contributed by atoms with Crippen LogP contribution < -0.4 is 0 Å². The van der Waals surface area contributed by atoms with Gasteiger partial charge >= 0.3 is 0 Å². The fraction of sp³-hybridized carbons (Fsp3) is 0.571. The minimum atomic E-state index is -3.75. The molecule has 22 heavy (non-hydrogen) atoms. The van der Waals surface area contributed by atoms with Crippen LogP contribution in [0.2, 0.25) is 5.02 Å². The van der Waals surface area contributed by atoms with Crippen LogP contribution in [0.1, 0.15) is 24.8 Å². The number of halogens is 1. The molecule has 124 valence electrons. The van der Waals surface area contributed by atoms with Gasteiger partial charge in [0.25, 0.3) is 0 Å². The molecule has 0 unspecified atom stereocenters. The fourth-order valence-electron chi connectivity index (χ4n) is 2.48. The van der Waals surface area contributed by atoms with Gasteiger partial charge in [0.05, 0.1) is 10.6 Å². The lowest BCUT2D eigenvalue weighted by Gasteiger charge is -2.30. The van der Waals surface area contributed by atoms with E-state index in [-0.39, 0.29) is 21.2 Å². The van der Waals surface area contributed by atoms with Gasteiger partial charge in [-0.05, 0) is 36.5 Å². The molecule has 2 rings (SSSR count). The van der Waals surface area contributed by atoms with Crippen LogP contribution in [0.15, 0.2) is 23.1 Å². The van der Waals surface area contributed by atoms with E-state index >= 15 is 0 Å². The van der Waals surface area contributed by atoms with Gasteiger partial charge in [-0.2, -0.15) is 0 Å². The van der Waals surface area contributed by atoms with E-state index in [2.05, 4.69) is 0 Å². The average Bonchev–Trinajstić information content (AvgIpc) is 2.34. The Morgan fingerprint density at radius 2 is 1.86 bits per heavy atom. The molecule has 0 atom stereocenters. The second kappa shape index (κ2) is 6.47. The Bertz CT molecular complexity index is 755. The van der Waals surface area contributed by atoms with Crippen LogP contribution in [-0.2, 0) is 25.6 Å². The highest BCUT2D eigenvalue weighted by molar-refractivity contribution is 7.90. The van der Waals surface area contributed by atoms with E-state index in [1.54, 1.807) is 0 Å². The first-order valence-electron chi connectivity index (χ1n) is 7.02. The molecule has 0 heterocycles. The van der Waals surface area contributed by atoms with Crippen molar-refractivity contribution in [2.45, 2.75) is 29.9 Å². The summed E-state index contributed by atoms with van der Waals surface area (Å²) in [6, 6.07) is 4.30. The number of sulfone groups is 1. The minimum absolute atomic E-state index is 0.0211. The zero-order chi connectivity index (χ0) is 16.5. The highest BCUT2D eigenvalue weighted by atomic mass is 35.5. The van der Waals surface area contributed by atoms with Crippen molar-refractivity contribution in [1.82, 2.24) is 4.31 Å². The molecule has 1 aliphatic rings. The molecule has 0 N–H and O–H groups in total. The van der Waals surface area contributed by atoms with Gasteiger partial charge < -0.3 is 0 Å². The first-order valence-corrected chi connectivity index (χ1v) is 10.9. The molecule has 0 saturated heterocycles. The zero-order valence-corrected chi connectivity index (χ0v) is 15.0. The third kappa shape index (κ3) is 4.22. The molecule has 0 radical (unpaired) electrons. The highest BCUT2D eigenvalue weighted by Crippen LogP contribution is 2.30. The summed E-state index contributed by atoms with van der Waals surface area (Å²) in [5.41, 5.74) is 0.257. The van der Waals surface area contributed by atoms with E-state index in [1.807, 2.05) is 0 Å². The lowest BCUT2D eigenvalue weighted by atomic mass is 9.86. The molecule has 5 nitrogen and oxygen atoms in total. The Morgan fingerprint density at radius 1 is 1.23 bits per heavy atom. The summed E-state index contributed by atoms with van der Waals surface area (Å²) in [6.07, 6.45) is 4.28. The maximum Gasteiger partial charge on any atom is 0.243 e. The van der Waals surface area contributed by atoms with Crippen molar-refractivity contribution in [1.29, 1.82) is 0 Å². The number of sulfonamides is 1. The van der Waals surface area contributed by atoms with Crippen LogP contribution in [0.5, 0.6) is 0 Å². The molecule has 8 heteroatoms. The standard InChI is InChI=1S/C14H20ClNO4S2/c1-16(9-11-4-3-5-11)22(19,20)14-8-13(15)7-6-12(14)10-21(2,17)18/h6-8,11H,3-5,9-10H2,1-2H3. The predicted octanol–water partition coefficient (Wildman–Crippen LogP) is 2.31. The van der Waals surface area contributed by atoms with Crippen molar-refractivity contribution in [3.63, 3.8) is 0 Å². The van der Waals surface area contributed by atoms with Gasteiger partial charge in [0, 0.05) is 24.9 Å². The molecule has 1 fully saturated rings. The number of benzene rings is 1. The van der Waals surface area contributed by atoms with Gasteiger partial charge in [-0.3, -0.25) is 0 Å². The van der Waals surface area contributed by atoms with Crippen LogP contribution in [0.25, 0.3) is 0 Å². The first-order chi connectivity index (χ1) is 10.1. The van der Waals surface area contributed by atoms with Crippen molar-refractivity contribution >= 4 is 31.5 Å². The second-order valence-corrected chi connectivity index (χ2v) is 10.5. The number of nitrogens with zero attached hydrogens (tertiary/aromatic N) is 1. The van der Waals surface area contributed by atoms with Crippen LogP contribution in [0.3, 0.4) is 0 Å². The molecular weight excluding hydrogens is 346 g/mol. The molecule has 1 aliphatic carbocycles. The van der Waals surface area contributed by atoms with E-state index in [0.717, 1.165) is 25.5 Å². The zero-order valence-electron chi connectivity index (χ0n) is 12.6. The van der Waals surface area contributed by atoms with Crippen molar-refractivity contribution in [2.24, 2.45) is 5.92 Å². The Kier molecular flexibility index (Phi) is 5.21. The molecule has 1 aromatic carbocycles. The maximum atomic E-state index is 12.7. The Balaban J connectivity index is 2.37. The monoisotopic (exact) mass is 365 g/mol. The molecule has 1 aromatic rings. The van der Waals surface area contributed by atoms with Gasteiger partial charge in [-0.15, -0.1) is 0 Å². The lowest BCUT2D eigenvalue weighted by molar-refractivity contribution is 0.263. The molecule has 0 bridgehead atoms. The molecular formula is C14H20ClNO4S2. The Labute approximate surface area is 137 Å². The summed E-state index contributed by atoms with van der Waals surface area (Å²) in [5.74, 6) is 0.0630. The van der Waals surface area contributed by atoms with Crippen molar-refractivity contribution in [3.8, 4) is 0 Å². The molecule has 0 amide bonds. The van der Waals surface area contributed by atoms with Gasteiger partial charge in [0.15, 0.2) is 9.84 Å². The van der Waals surface area contributed by atoms with Crippen LogP contribution in [0.4, 0.5) is 0 Å². The summed E-state index contributed by atoms with van der Waals surface area (Å²) in [6.45, 7) is 0.452. The molecule has 1 saturated carbocycles. The molecule has 0 aliphatic heterocycles. The van der Waals surface area contributed by atoms with Gasteiger partial charge in [-0.1, -0.05) is 24.1 Å². The van der Waals surface area contributed by atoms with Crippen LogP contribution in [-0.4, -0.2) is 41.0 Å². The summed E-state index contributed by atoms with van der Waals surface area (Å²) in [5, 5.41) is 0.271. The highest BCUT2D eigenvalue weighted by Gasteiger charge is 2.29. The third-order valence-electron chi connectivity index (χ3n) is 3.88. The first kappa shape index (κ1) is 17.7. The van der Waals surface area contributed by atoms with E-state index in [4.69, 9.17) is 11.6 Å². The Hall–Kier alpha value is -0.630. The minimum Gasteiger partial charge on any atom is -0.229 e. The molecule has 0 spiro atoms. The van der Waals surface area contributed by atoms with Crippen LogP contribution >= 0.6 is 11.6 Å². The summed E-state index contributed by atoms with van der Waals surface area (Å²) in [7, 11) is -5.57. The van der Waals surface area contributed by atoms with Crippen molar-refractivity contribution in [3.05, 3.63) is 28.8 Å². The number of hydrogen-bond donors (Lipinski definition) is 0. The molecule has 0 aromatic heterocycles. The van der Waals surface area contributed by atoms with E-state index < -0.39 is 19.9 Å². The average molecular weight is 366 g/mol. The second-order valence-electron chi connectivity index (χ2n) is 5.90. The topological polar surface area (TPSA) is 71.5 Å². The van der Waals surface area contributed by atoms with Crippen molar-refractivity contribution < 1.29 is 16.8 Å². The van der Waals surface area contributed by atoms with Gasteiger partial charge in [0.1, 0.15) is 0 Å². The summed E-state index contributed by atoms with van der Waals surface area (Å²) < 4.78 is 49.8. The van der Waals surface area contributed by atoms with E-state index in [0.29, 0.717) is 12.5 Å². The number of hydrogen-bond acceptors (Lipinski definition) is 4. The fourth-order valence-corrected chi connectivity index (χ4v) is 5.11. The normalized spacial score (nSPS) is 16.7. The van der Waals surface area contributed by atoms with Crippen LogP contribution in [0, 0.1) is 5.92 Å². The third-order valence-corrected chi connectivity index (χ3v) is 6.85. The van der Waals surface area contributed by atoms with E-state index in [1.165, 1.54) is 29.6 Å². The van der Waals surface area contributed by atoms with Gasteiger partial charge in [0.2, 0.25) is 10.0 Å². The quantitative estimate of drug-likeness (QED) is 0.775. The number of rotatable bonds is 6. The largest absolute Gasteiger partial charge is 0.243 e. The van der Waals surface area contributed by atoms with Crippen molar-refractivity contribution in [2.75, 3.05) is 19.8 Å². The predicted molar refractivity (Wildman–Crippen MR) is 87.2 cm³/mol. The van der Waals surface area contributed by atoms with Gasteiger partial charge in [-0.25, -0.2) is 21.1 Å². The lowest BCUT2D eigenvalue weighted by Crippen LogP contribution is -2.34.